The lowest BCUT2D eigenvalue weighted by Gasteiger charge is -2.40. The van der Waals surface area contributed by atoms with Gasteiger partial charge in [-0.1, -0.05) is 54.6 Å². The highest BCUT2D eigenvalue weighted by Crippen LogP contribution is 2.38. The van der Waals surface area contributed by atoms with Gasteiger partial charge in [0.2, 0.25) is 0 Å². The van der Waals surface area contributed by atoms with E-state index >= 15 is 0 Å². The van der Waals surface area contributed by atoms with Crippen LogP contribution in [0.25, 0.3) is 0 Å². The number of rotatable bonds is 5. The number of nitro benzene ring substituents is 1. The van der Waals surface area contributed by atoms with Crippen LogP contribution >= 0.6 is 0 Å². The Morgan fingerprint density at radius 2 is 1.90 bits per heavy atom. The van der Waals surface area contributed by atoms with Gasteiger partial charge < -0.3 is 15.4 Å². The van der Waals surface area contributed by atoms with Crippen molar-refractivity contribution in [3.63, 3.8) is 0 Å². The van der Waals surface area contributed by atoms with Gasteiger partial charge in [-0.05, 0) is 24.1 Å². The second-order valence-corrected chi connectivity index (χ2v) is 7.26. The molecule has 6 heteroatoms. The molecule has 2 N–H and O–H groups in total. The summed E-state index contributed by atoms with van der Waals surface area (Å²) in [6.07, 6.45) is -0.445. The van der Waals surface area contributed by atoms with Gasteiger partial charge >= 0.3 is 0 Å². The van der Waals surface area contributed by atoms with E-state index in [4.69, 9.17) is 10.5 Å². The smallest absolute Gasteiger partial charge is 0.269 e. The Labute approximate surface area is 169 Å². The van der Waals surface area contributed by atoms with Crippen molar-refractivity contribution in [3.8, 4) is 0 Å². The zero-order valence-corrected chi connectivity index (χ0v) is 16.2. The third kappa shape index (κ3) is 3.85. The van der Waals surface area contributed by atoms with Crippen LogP contribution in [0.4, 0.5) is 11.4 Å². The van der Waals surface area contributed by atoms with Gasteiger partial charge in [-0.2, -0.15) is 0 Å². The molecular weight excluding hydrogens is 366 g/mol. The van der Waals surface area contributed by atoms with Gasteiger partial charge in [-0.3, -0.25) is 10.1 Å². The van der Waals surface area contributed by atoms with Crippen LogP contribution in [0.1, 0.15) is 34.5 Å². The Morgan fingerprint density at radius 1 is 1.14 bits per heavy atom. The number of aryl methyl sites for hydroxylation is 1. The number of non-ortho nitro benzene ring substituents is 1. The Hall–Kier alpha value is -3.22. The van der Waals surface area contributed by atoms with Crippen LogP contribution in [0, 0.1) is 17.0 Å². The molecule has 0 aromatic heterocycles. The molecule has 29 heavy (non-hydrogen) atoms. The number of anilines is 1. The van der Waals surface area contributed by atoms with Crippen LogP contribution in [-0.4, -0.2) is 11.5 Å². The maximum absolute atomic E-state index is 11.2. The molecule has 0 saturated carbocycles. The molecule has 0 fully saturated rings. The molecule has 1 aliphatic heterocycles. The second-order valence-electron chi connectivity index (χ2n) is 7.26. The highest BCUT2D eigenvalue weighted by molar-refractivity contribution is 5.57. The highest BCUT2D eigenvalue weighted by Gasteiger charge is 2.30. The molecule has 0 aliphatic carbocycles. The van der Waals surface area contributed by atoms with E-state index in [1.54, 1.807) is 12.1 Å². The number of hydrogen-bond acceptors (Lipinski definition) is 5. The molecule has 2 atom stereocenters. The number of benzene rings is 3. The maximum Gasteiger partial charge on any atom is 0.269 e. The minimum Gasteiger partial charge on any atom is -0.349 e. The third-order valence-electron chi connectivity index (χ3n) is 5.33. The minimum absolute atomic E-state index is 0.0492. The minimum atomic E-state index is -0.445. The van der Waals surface area contributed by atoms with Crippen LogP contribution in [0.5, 0.6) is 0 Å². The van der Waals surface area contributed by atoms with E-state index in [1.807, 2.05) is 61.5 Å². The van der Waals surface area contributed by atoms with Crippen molar-refractivity contribution >= 4 is 11.4 Å². The van der Waals surface area contributed by atoms with Crippen molar-refractivity contribution in [1.82, 2.24) is 0 Å². The van der Waals surface area contributed by atoms with E-state index in [9.17, 15) is 10.1 Å². The van der Waals surface area contributed by atoms with Crippen molar-refractivity contribution in [1.29, 1.82) is 0 Å². The molecule has 0 radical (unpaired) electrons. The van der Waals surface area contributed by atoms with E-state index in [2.05, 4.69) is 4.90 Å². The van der Waals surface area contributed by atoms with Gasteiger partial charge in [-0.15, -0.1) is 0 Å². The first-order valence-corrected chi connectivity index (χ1v) is 9.56. The molecule has 3 aromatic rings. The summed E-state index contributed by atoms with van der Waals surface area (Å²) in [7, 11) is 0. The Bertz CT molecular complexity index is 1040. The normalized spacial score (nSPS) is 16.9. The number of nitro groups is 1. The average Bonchev–Trinajstić information content (AvgIpc) is 2.74. The topological polar surface area (TPSA) is 81.6 Å². The Kier molecular flexibility index (Phi) is 5.29. The molecular formula is C23H23N3O3. The molecule has 0 spiro atoms. The van der Waals surface area contributed by atoms with Gasteiger partial charge in [0.05, 0.1) is 11.5 Å². The van der Waals surface area contributed by atoms with E-state index in [0.717, 1.165) is 27.9 Å². The quantitative estimate of drug-likeness (QED) is 0.508. The number of fused-ring (bicyclic) bond motifs is 1. The van der Waals surface area contributed by atoms with Gasteiger partial charge in [0.25, 0.3) is 5.69 Å². The molecule has 1 heterocycles. The van der Waals surface area contributed by atoms with E-state index in [-0.39, 0.29) is 16.7 Å². The summed E-state index contributed by atoms with van der Waals surface area (Å²) < 4.78 is 6.15. The van der Waals surface area contributed by atoms with E-state index in [1.165, 1.54) is 6.07 Å². The molecule has 3 aromatic carbocycles. The maximum atomic E-state index is 11.2. The molecule has 1 aliphatic rings. The largest absolute Gasteiger partial charge is 0.349 e. The van der Waals surface area contributed by atoms with Gasteiger partial charge in [-0.25, -0.2) is 0 Å². The summed E-state index contributed by atoms with van der Waals surface area (Å²) in [4.78, 5) is 13.0. The lowest BCUT2D eigenvalue weighted by Crippen LogP contribution is -2.39. The molecule has 0 amide bonds. The number of ether oxygens (including phenoxy) is 1. The molecule has 0 saturated heterocycles. The Morgan fingerprint density at radius 3 is 2.69 bits per heavy atom. The predicted molar refractivity (Wildman–Crippen MR) is 113 cm³/mol. The lowest BCUT2D eigenvalue weighted by molar-refractivity contribution is -0.385. The van der Waals surface area contributed by atoms with Gasteiger partial charge in [0.15, 0.2) is 6.23 Å². The van der Waals surface area contributed by atoms with Crippen molar-refractivity contribution in [2.24, 2.45) is 5.73 Å². The zero-order chi connectivity index (χ0) is 20.4. The van der Waals surface area contributed by atoms with Crippen LogP contribution < -0.4 is 10.6 Å². The van der Waals surface area contributed by atoms with Crippen molar-refractivity contribution < 1.29 is 9.66 Å². The summed E-state index contributed by atoms with van der Waals surface area (Å²) in [5, 5.41) is 11.2. The summed E-state index contributed by atoms with van der Waals surface area (Å²) in [5.41, 5.74) is 11.7. The van der Waals surface area contributed by atoms with Crippen LogP contribution in [0.2, 0.25) is 0 Å². The lowest BCUT2D eigenvalue weighted by atomic mass is 9.99. The van der Waals surface area contributed by atoms with Crippen molar-refractivity contribution in [2.75, 3.05) is 11.4 Å². The third-order valence-corrected chi connectivity index (χ3v) is 5.33. The Balaban J connectivity index is 1.72. The fraction of sp³-hybridized carbons (Fsp3) is 0.217. The first-order chi connectivity index (χ1) is 14.0. The molecule has 4 rings (SSSR count). The monoisotopic (exact) mass is 389 g/mol. The van der Waals surface area contributed by atoms with E-state index in [0.29, 0.717) is 13.2 Å². The molecule has 148 valence electrons. The molecule has 0 bridgehead atoms. The summed E-state index contributed by atoms with van der Waals surface area (Å²) in [5.74, 6) is 0. The summed E-state index contributed by atoms with van der Waals surface area (Å²) in [6, 6.07) is 22.5. The first-order valence-electron chi connectivity index (χ1n) is 9.56. The second kappa shape index (κ2) is 8.03. The van der Waals surface area contributed by atoms with Crippen molar-refractivity contribution in [3.05, 3.63) is 105 Å². The highest BCUT2D eigenvalue weighted by atomic mass is 16.6. The number of nitrogens with zero attached hydrogens (tertiary/aromatic N) is 2. The first kappa shape index (κ1) is 19.1. The number of nitrogens with two attached hydrogens (primary N) is 1. The van der Waals surface area contributed by atoms with Gasteiger partial charge in [0.1, 0.15) is 0 Å². The predicted octanol–water partition coefficient (Wildman–Crippen LogP) is 4.64. The summed E-state index contributed by atoms with van der Waals surface area (Å²) in [6.45, 7) is 3.02. The fourth-order valence-electron chi connectivity index (χ4n) is 3.87. The molecule has 6 nitrogen and oxygen atoms in total. The van der Waals surface area contributed by atoms with Crippen LogP contribution in [-0.2, 0) is 11.3 Å². The van der Waals surface area contributed by atoms with Crippen LogP contribution in [0.15, 0.2) is 72.8 Å². The summed E-state index contributed by atoms with van der Waals surface area (Å²) >= 11 is 0. The molecule has 2 unspecified atom stereocenters. The van der Waals surface area contributed by atoms with Crippen LogP contribution in [0.3, 0.4) is 0 Å². The number of para-hydroxylation sites is 1. The zero-order valence-electron chi connectivity index (χ0n) is 16.2. The average molecular weight is 389 g/mol. The van der Waals surface area contributed by atoms with E-state index < -0.39 is 6.23 Å². The van der Waals surface area contributed by atoms with Gasteiger partial charge in [0, 0.05) is 41.5 Å². The standard InChI is InChI=1S/C23H23N3O3/c1-16-7-2-4-11-20(16)21(24)14-25-22-12-5-3-8-18(22)15-29-23(25)17-9-6-10-19(13-17)26(27)28/h2-13,21,23H,14-15,24H2,1H3. The van der Waals surface area contributed by atoms with Crippen molar-refractivity contribution in [2.45, 2.75) is 25.8 Å². The SMILES string of the molecule is Cc1ccccc1C(N)CN1c2ccccc2COC1c1cccc([N+](=O)[O-])c1. The number of hydrogen-bond donors (Lipinski definition) is 1. The fourth-order valence-corrected chi connectivity index (χ4v) is 3.87.